The molecular formula is C14H16N2O3. The fourth-order valence-corrected chi connectivity index (χ4v) is 1.82. The largest absolute Gasteiger partial charge is 0.465 e. The van der Waals surface area contributed by atoms with Gasteiger partial charge in [-0.1, -0.05) is 11.2 Å². The molecule has 1 aromatic carbocycles. The number of benzene rings is 1. The Labute approximate surface area is 111 Å². The van der Waals surface area contributed by atoms with E-state index in [9.17, 15) is 4.79 Å². The number of esters is 1. The van der Waals surface area contributed by atoms with E-state index in [0.717, 1.165) is 22.7 Å². The standard InChI is InChI=1S/C14H16N2O3/c1-9-13(10(2)19-16-9)8-15-12-6-4-5-11(7-12)14(17)18-3/h4-7,15H,8H2,1-3H3. The van der Waals surface area contributed by atoms with E-state index in [2.05, 4.69) is 15.2 Å². The number of hydrogen-bond donors (Lipinski definition) is 1. The minimum absolute atomic E-state index is 0.346. The number of anilines is 1. The van der Waals surface area contributed by atoms with Gasteiger partial charge >= 0.3 is 5.97 Å². The average molecular weight is 260 g/mol. The van der Waals surface area contributed by atoms with Crippen LogP contribution in [0.3, 0.4) is 0 Å². The molecule has 1 aromatic heterocycles. The molecule has 0 saturated heterocycles. The number of carbonyl (C=O) groups is 1. The maximum atomic E-state index is 11.4. The van der Waals surface area contributed by atoms with Crippen molar-refractivity contribution in [1.82, 2.24) is 5.16 Å². The maximum absolute atomic E-state index is 11.4. The zero-order valence-corrected chi connectivity index (χ0v) is 11.2. The normalized spacial score (nSPS) is 10.3. The number of hydrogen-bond acceptors (Lipinski definition) is 5. The molecule has 0 atom stereocenters. The Hall–Kier alpha value is -2.30. The van der Waals surface area contributed by atoms with Crippen LogP contribution in [0.15, 0.2) is 28.8 Å². The lowest BCUT2D eigenvalue weighted by atomic mass is 10.1. The van der Waals surface area contributed by atoms with Gasteiger partial charge in [0.25, 0.3) is 0 Å². The quantitative estimate of drug-likeness (QED) is 0.856. The third-order valence-corrected chi connectivity index (χ3v) is 2.93. The van der Waals surface area contributed by atoms with Crippen molar-refractivity contribution >= 4 is 11.7 Å². The number of ether oxygens (including phenoxy) is 1. The van der Waals surface area contributed by atoms with Gasteiger partial charge in [-0.2, -0.15) is 0 Å². The number of methoxy groups -OCH3 is 1. The Kier molecular flexibility index (Phi) is 3.85. The first-order valence-electron chi connectivity index (χ1n) is 5.96. The lowest BCUT2D eigenvalue weighted by Crippen LogP contribution is -2.04. The van der Waals surface area contributed by atoms with Crippen molar-refractivity contribution in [3.05, 3.63) is 46.8 Å². The second kappa shape index (κ2) is 5.56. The van der Waals surface area contributed by atoms with Gasteiger partial charge in [0.05, 0.1) is 18.4 Å². The van der Waals surface area contributed by atoms with Gasteiger partial charge in [-0.25, -0.2) is 4.79 Å². The first-order valence-corrected chi connectivity index (χ1v) is 5.96. The molecule has 0 aliphatic rings. The Morgan fingerprint density at radius 3 is 2.84 bits per heavy atom. The molecule has 0 saturated carbocycles. The first-order chi connectivity index (χ1) is 9.11. The maximum Gasteiger partial charge on any atom is 0.337 e. The lowest BCUT2D eigenvalue weighted by Gasteiger charge is -2.07. The predicted octanol–water partition coefficient (Wildman–Crippen LogP) is 2.69. The molecule has 100 valence electrons. The van der Waals surface area contributed by atoms with Crippen LogP contribution in [-0.2, 0) is 11.3 Å². The van der Waals surface area contributed by atoms with Crippen LogP contribution in [0.2, 0.25) is 0 Å². The van der Waals surface area contributed by atoms with E-state index < -0.39 is 0 Å². The van der Waals surface area contributed by atoms with Crippen LogP contribution in [0, 0.1) is 13.8 Å². The summed E-state index contributed by atoms with van der Waals surface area (Å²) in [5, 5.41) is 7.14. The smallest absolute Gasteiger partial charge is 0.337 e. The predicted molar refractivity (Wildman–Crippen MR) is 71.1 cm³/mol. The second-order valence-corrected chi connectivity index (χ2v) is 4.23. The minimum Gasteiger partial charge on any atom is -0.465 e. The van der Waals surface area contributed by atoms with Crippen molar-refractivity contribution in [2.24, 2.45) is 0 Å². The average Bonchev–Trinajstić information content (AvgIpc) is 2.75. The van der Waals surface area contributed by atoms with Gasteiger partial charge in [-0.05, 0) is 32.0 Å². The highest BCUT2D eigenvalue weighted by Crippen LogP contribution is 2.16. The van der Waals surface area contributed by atoms with Gasteiger partial charge in [0, 0.05) is 17.8 Å². The molecule has 0 fully saturated rings. The molecule has 2 rings (SSSR count). The number of nitrogens with one attached hydrogen (secondary N) is 1. The highest BCUT2D eigenvalue weighted by Gasteiger charge is 2.09. The first kappa shape index (κ1) is 13.1. The molecule has 19 heavy (non-hydrogen) atoms. The molecular weight excluding hydrogens is 244 g/mol. The minimum atomic E-state index is -0.346. The van der Waals surface area contributed by atoms with Crippen molar-refractivity contribution in [2.75, 3.05) is 12.4 Å². The van der Waals surface area contributed by atoms with Crippen molar-refractivity contribution in [3.63, 3.8) is 0 Å². The van der Waals surface area contributed by atoms with Gasteiger partial charge in [-0.3, -0.25) is 0 Å². The van der Waals surface area contributed by atoms with E-state index in [1.807, 2.05) is 26.0 Å². The number of nitrogens with zero attached hydrogens (tertiary/aromatic N) is 1. The van der Waals surface area contributed by atoms with E-state index >= 15 is 0 Å². The van der Waals surface area contributed by atoms with E-state index in [0.29, 0.717) is 12.1 Å². The summed E-state index contributed by atoms with van der Waals surface area (Å²) in [5.74, 6) is 0.454. The SMILES string of the molecule is COC(=O)c1cccc(NCc2c(C)noc2C)c1. The van der Waals surface area contributed by atoms with Crippen LogP contribution in [0.25, 0.3) is 0 Å². The number of aryl methyl sites for hydroxylation is 2. The Morgan fingerprint density at radius 2 is 2.21 bits per heavy atom. The van der Waals surface area contributed by atoms with Gasteiger partial charge in [-0.15, -0.1) is 0 Å². The van der Waals surface area contributed by atoms with Gasteiger partial charge in [0.1, 0.15) is 5.76 Å². The molecule has 0 unspecified atom stereocenters. The number of rotatable bonds is 4. The second-order valence-electron chi connectivity index (χ2n) is 4.23. The topological polar surface area (TPSA) is 64.4 Å². The lowest BCUT2D eigenvalue weighted by molar-refractivity contribution is 0.0601. The van der Waals surface area contributed by atoms with E-state index in [-0.39, 0.29) is 5.97 Å². The van der Waals surface area contributed by atoms with Crippen molar-refractivity contribution in [1.29, 1.82) is 0 Å². The van der Waals surface area contributed by atoms with Crippen LogP contribution >= 0.6 is 0 Å². The summed E-state index contributed by atoms with van der Waals surface area (Å²) in [6, 6.07) is 7.17. The van der Waals surface area contributed by atoms with Gasteiger partial charge < -0.3 is 14.6 Å². The highest BCUT2D eigenvalue weighted by molar-refractivity contribution is 5.90. The fraction of sp³-hybridized carbons (Fsp3) is 0.286. The van der Waals surface area contributed by atoms with E-state index in [1.165, 1.54) is 7.11 Å². The fourth-order valence-electron chi connectivity index (χ4n) is 1.82. The molecule has 0 radical (unpaired) electrons. The third kappa shape index (κ3) is 2.93. The molecule has 1 N–H and O–H groups in total. The highest BCUT2D eigenvalue weighted by atomic mass is 16.5. The van der Waals surface area contributed by atoms with E-state index in [4.69, 9.17) is 4.52 Å². The van der Waals surface area contributed by atoms with Crippen LogP contribution in [0.5, 0.6) is 0 Å². The zero-order valence-electron chi connectivity index (χ0n) is 11.2. The summed E-state index contributed by atoms with van der Waals surface area (Å²) in [4.78, 5) is 11.4. The number of carbonyl (C=O) groups excluding carboxylic acids is 1. The van der Waals surface area contributed by atoms with Crippen LogP contribution in [-0.4, -0.2) is 18.2 Å². The molecule has 0 spiro atoms. The Bertz CT molecular complexity index is 571. The Morgan fingerprint density at radius 1 is 1.42 bits per heavy atom. The summed E-state index contributed by atoms with van der Waals surface area (Å²) in [6.45, 7) is 4.38. The molecule has 5 heteroatoms. The Balaban J connectivity index is 2.10. The zero-order chi connectivity index (χ0) is 13.8. The van der Waals surface area contributed by atoms with Crippen LogP contribution in [0.4, 0.5) is 5.69 Å². The summed E-state index contributed by atoms with van der Waals surface area (Å²) in [7, 11) is 1.37. The molecule has 0 aliphatic carbocycles. The molecule has 1 heterocycles. The molecule has 2 aromatic rings. The van der Waals surface area contributed by atoms with E-state index in [1.54, 1.807) is 12.1 Å². The monoisotopic (exact) mass is 260 g/mol. The van der Waals surface area contributed by atoms with Crippen LogP contribution in [0.1, 0.15) is 27.4 Å². The van der Waals surface area contributed by atoms with Crippen molar-refractivity contribution in [3.8, 4) is 0 Å². The van der Waals surface area contributed by atoms with Gasteiger partial charge in [0.2, 0.25) is 0 Å². The molecule has 0 bridgehead atoms. The molecule has 5 nitrogen and oxygen atoms in total. The summed E-state index contributed by atoms with van der Waals surface area (Å²) in [5.41, 5.74) is 3.27. The molecule has 0 amide bonds. The number of aromatic nitrogens is 1. The van der Waals surface area contributed by atoms with Crippen molar-refractivity contribution in [2.45, 2.75) is 20.4 Å². The van der Waals surface area contributed by atoms with Crippen molar-refractivity contribution < 1.29 is 14.1 Å². The van der Waals surface area contributed by atoms with Gasteiger partial charge in [0.15, 0.2) is 0 Å². The third-order valence-electron chi connectivity index (χ3n) is 2.93. The summed E-state index contributed by atoms with van der Waals surface area (Å²) < 4.78 is 9.79. The summed E-state index contributed by atoms with van der Waals surface area (Å²) >= 11 is 0. The van der Waals surface area contributed by atoms with Crippen LogP contribution < -0.4 is 5.32 Å². The molecule has 0 aliphatic heterocycles. The summed E-state index contributed by atoms with van der Waals surface area (Å²) in [6.07, 6.45) is 0.